The summed E-state index contributed by atoms with van der Waals surface area (Å²) in [5.74, 6) is 0. The van der Waals surface area contributed by atoms with Gasteiger partial charge in [0.05, 0.1) is 5.69 Å². The van der Waals surface area contributed by atoms with Crippen LogP contribution in [0.2, 0.25) is 0 Å². The van der Waals surface area contributed by atoms with Gasteiger partial charge in [-0.2, -0.15) is 12.9 Å². The van der Waals surface area contributed by atoms with E-state index in [2.05, 4.69) is 57.9 Å². The van der Waals surface area contributed by atoms with E-state index in [0.717, 1.165) is 14.6 Å². The first-order chi connectivity index (χ1) is 7.24. The number of rotatable bonds is 2. The van der Waals surface area contributed by atoms with E-state index >= 15 is 0 Å². The number of hydrogen-bond donors (Lipinski definition) is 4. The molecule has 0 saturated carbocycles. The predicted octanol–water partition coefficient (Wildman–Crippen LogP) is 2.79. The van der Waals surface area contributed by atoms with E-state index in [1.807, 2.05) is 18.2 Å². The first-order valence-electron chi connectivity index (χ1n) is 3.50. The smallest absolute Gasteiger partial charge is 0.310 e. The summed E-state index contributed by atoms with van der Waals surface area (Å²) in [6.45, 7) is 0. The Balaban J connectivity index is 0.000000385. The van der Waals surface area contributed by atoms with Gasteiger partial charge >= 0.3 is 10.4 Å². The second-order valence-electron chi connectivity index (χ2n) is 2.29. The van der Waals surface area contributed by atoms with Gasteiger partial charge in [0.25, 0.3) is 0 Å². The van der Waals surface area contributed by atoms with Gasteiger partial charge in [0.2, 0.25) is 0 Å². The zero-order chi connectivity index (χ0) is 12.8. The second-order valence-corrected chi connectivity index (χ2v) is 5.35. The van der Waals surface area contributed by atoms with E-state index in [-0.39, 0.29) is 0 Å². The van der Waals surface area contributed by atoms with Gasteiger partial charge in [-0.25, -0.2) is 0 Å². The van der Waals surface area contributed by atoms with Crippen molar-refractivity contribution in [1.29, 1.82) is 0 Å². The van der Waals surface area contributed by atoms with Gasteiger partial charge < -0.3 is 5.43 Å². The van der Waals surface area contributed by atoms with E-state index in [0.29, 0.717) is 0 Å². The van der Waals surface area contributed by atoms with Gasteiger partial charge in [0.1, 0.15) is 0 Å². The van der Waals surface area contributed by atoms with E-state index in [4.69, 9.17) is 17.5 Å². The lowest BCUT2D eigenvalue weighted by Crippen LogP contribution is -2.07. The normalized spacial score (nSPS) is 10.3. The topological polar surface area (TPSA) is 98.7 Å². The van der Waals surface area contributed by atoms with Crippen LogP contribution in [0.3, 0.4) is 0 Å². The van der Waals surface area contributed by atoms with Crippen molar-refractivity contribution in [3.63, 3.8) is 0 Å². The van der Waals surface area contributed by atoms with Gasteiger partial charge in [-0.3, -0.25) is 9.11 Å². The Hall–Kier alpha value is 0.290. The number of nitrogens with one attached hydrogen (secondary N) is 2. The standard InChI is InChI=1S/C6H5Br3N2.H2O4S/c7-4-1-2-6(10-11-9)5(8)3-4;1-5(2,3)4/h1-3,10-11H;(H2,1,2,3,4). The van der Waals surface area contributed by atoms with Crippen LogP contribution in [0, 0.1) is 0 Å². The first-order valence-corrected chi connectivity index (χ1v) is 7.28. The summed E-state index contributed by atoms with van der Waals surface area (Å²) < 4.78 is 36.3. The van der Waals surface area contributed by atoms with E-state index < -0.39 is 10.4 Å². The van der Waals surface area contributed by atoms with Crippen molar-refractivity contribution < 1.29 is 17.5 Å². The molecule has 1 rings (SSSR count). The average molecular weight is 443 g/mol. The molecule has 0 amide bonds. The molecule has 0 unspecified atom stereocenters. The van der Waals surface area contributed by atoms with Crippen LogP contribution < -0.4 is 9.88 Å². The van der Waals surface area contributed by atoms with E-state index in [1.54, 1.807) is 0 Å². The fraction of sp³-hybridized carbons (Fsp3) is 0. The number of benzene rings is 1. The molecule has 4 N–H and O–H groups in total. The molecule has 0 aliphatic rings. The molecule has 0 spiro atoms. The van der Waals surface area contributed by atoms with Gasteiger partial charge in [0.15, 0.2) is 0 Å². The minimum Gasteiger partial charge on any atom is -0.310 e. The van der Waals surface area contributed by atoms with Crippen molar-refractivity contribution in [3.8, 4) is 0 Å². The lowest BCUT2D eigenvalue weighted by molar-refractivity contribution is 0.381. The van der Waals surface area contributed by atoms with Gasteiger partial charge in [-0.1, -0.05) is 15.9 Å². The predicted molar refractivity (Wildman–Crippen MR) is 71.7 cm³/mol. The zero-order valence-corrected chi connectivity index (χ0v) is 13.1. The highest BCUT2D eigenvalue weighted by Gasteiger charge is 1.97. The Morgan fingerprint density at radius 3 is 2.06 bits per heavy atom. The lowest BCUT2D eigenvalue weighted by atomic mass is 10.3. The highest BCUT2D eigenvalue weighted by molar-refractivity contribution is 9.11. The first kappa shape index (κ1) is 16.3. The van der Waals surface area contributed by atoms with Crippen LogP contribution in [0.15, 0.2) is 27.1 Å². The largest absolute Gasteiger partial charge is 0.394 e. The van der Waals surface area contributed by atoms with Crippen molar-refractivity contribution in [2.75, 3.05) is 5.43 Å². The van der Waals surface area contributed by atoms with Crippen molar-refractivity contribution in [1.82, 2.24) is 4.45 Å². The molecule has 0 bridgehead atoms. The number of anilines is 1. The second kappa shape index (κ2) is 7.58. The third-order valence-electron chi connectivity index (χ3n) is 1.11. The Bertz CT molecular complexity index is 431. The van der Waals surface area contributed by atoms with Crippen LogP contribution in [-0.2, 0) is 10.4 Å². The van der Waals surface area contributed by atoms with E-state index in [9.17, 15) is 0 Å². The fourth-order valence-corrected chi connectivity index (χ4v) is 2.00. The minimum absolute atomic E-state index is 0.977. The highest BCUT2D eigenvalue weighted by atomic mass is 79.9. The van der Waals surface area contributed by atoms with Gasteiger partial charge in [-0.05, 0) is 34.1 Å². The summed E-state index contributed by atoms with van der Waals surface area (Å²) in [7, 11) is -4.67. The summed E-state index contributed by atoms with van der Waals surface area (Å²) in [6.07, 6.45) is 0. The lowest BCUT2D eigenvalue weighted by Gasteiger charge is -2.04. The maximum absolute atomic E-state index is 8.74. The summed E-state index contributed by atoms with van der Waals surface area (Å²) in [6, 6.07) is 5.87. The quantitative estimate of drug-likeness (QED) is 0.319. The molecule has 1 aromatic rings. The molecule has 0 fully saturated rings. The molecule has 92 valence electrons. The molecular weight excluding hydrogens is 436 g/mol. The maximum atomic E-state index is 8.74. The molecule has 16 heavy (non-hydrogen) atoms. The highest BCUT2D eigenvalue weighted by Crippen LogP contribution is 2.25. The van der Waals surface area contributed by atoms with Crippen LogP contribution in [0.25, 0.3) is 0 Å². The van der Waals surface area contributed by atoms with Crippen molar-refractivity contribution in [2.45, 2.75) is 0 Å². The number of hydrogen-bond acceptors (Lipinski definition) is 4. The molecule has 0 aliphatic carbocycles. The molecule has 0 aliphatic heterocycles. The average Bonchev–Trinajstić information content (AvgIpc) is 2.07. The van der Waals surface area contributed by atoms with Gasteiger partial charge in [-0.15, -0.1) is 0 Å². The molecule has 0 aromatic heterocycles. The van der Waals surface area contributed by atoms with Crippen LogP contribution in [-0.4, -0.2) is 17.5 Å². The Morgan fingerprint density at radius 2 is 1.69 bits per heavy atom. The molecule has 0 heterocycles. The summed E-state index contributed by atoms with van der Waals surface area (Å²) >= 11 is 9.80. The molecule has 1 aromatic carbocycles. The molecular formula is C6H7Br3N2O4S. The van der Waals surface area contributed by atoms with Crippen LogP contribution in [0.1, 0.15) is 0 Å². The van der Waals surface area contributed by atoms with Gasteiger partial charge in [0, 0.05) is 25.1 Å². The molecule has 0 radical (unpaired) electrons. The SMILES string of the molecule is BrNNc1ccc(Br)cc1Br.O=S(=O)(O)O. The Morgan fingerprint density at radius 1 is 1.19 bits per heavy atom. The van der Waals surface area contributed by atoms with Crippen LogP contribution in [0.4, 0.5) is 5.69 Å². The van der Waals surface area contributed by atoms with E-state index in [1.165, 1.54) is 0 Å². The summed E-state index contributed by atoms with van der Waals surface area (Å²) in [5.41, 5.74) is 3.88. The number of halogens is 3. The van der Waals surface area contributed by atoms with Crippen molar-refractivity contribution in [3.05, 3.63) is 27.1 Å². The molecule has 0 atom stereocenters. The zero-order valence-electron chi connectivity index (χ0n) is 7.49. The fourth-order valence-electron chi connectivity index (χ4n) is 0.642. The summed E-state index contributed by atoms with van der Waals surface area (Å²) in [4.78, 5) is 0. The molecule has 10 heteroatoms. The Labute approximate surface area is 118 Å². The molecule has 0 saturated heterocycles. The molecule has 6 nitrogen and oxygen atoms in total. The van der Waals surface area contributed by atoms with Crippen LogP contribution >= 0.6 is 48.0 Å². The third kappa shape index (κ3) is 9.51. The third-order valence-corrected chi connectivity index (χ3v) is 2.46. The summed E-state index contributed by atoms with van der Waals surface area (Å²) in [5, 5.41) is 0. The van der Waals surface area contributed by atoms with Crippen LogP contribution in [0.5, 0.6) is 0 Å². The monoisotopic (exact) mass is 440 g/mol. The number of hydrazine groups is 1. The minimum atomic E-state index is -4.67. The maximum Gasteiger partial charge on any atom is 0.394 e. The Kier molecular flexibility index (Phi) is 7.72. The van der Waals surface area contributed by atoms with Crippen molar-refractivity contribution in [2.24, 2.45) is 0 Å². The van der Waals surface area contributed by atoms with Crippen molar-refractivity contribution >= 4 is 64.1 Å².